The molecule has 0 spiro atoms. The van der Waals surface area contributed by atoms with Gasteiger partial charge in [-0.05, 0) is 30.7 Å². The normalized spacial score (nSPS) is 10.5. The van der Waals surface area contributed by atoms with Crippen molar-refractivity contribution in [1.29, 1.82) is 0 Å². The van der Waals surface area contributed by atoms with E-state index in [2.05, 4.69) is 17.2 Å². The van der Waals surface area contributed by atoms with Crippen LogP contribution in [0, 0.1) is 20.2 Å². The van der Waals surface area contributed by atoms with Crippen LogP contribution in [0.25, 0.3) is 11.3 Å². The van der Waals surface area contributed by atoms with Gasteiger partial charge in [-0.25, -0.2) is 4.98 Å². The number of non-ortho nitro benzene ring substituents is 2. The largest absolute Gasteiger partial charge is 0.494 e. The first-order valence-electron chi connectivity index (χ1n) is 9.31. The molecule has 10 nitrogen and oxygen atoms in total. The second kappa shape index (κ2) is 9.76. The number of aromatic nitrogens is 1. The van der Waals surface area contributed by atoms with Gasteiger partial charge in [-0.2, -0.15) is 0 Å². The first kappa shape index (κ1) is 21.8. The summed E-state index contributed by atoms with van der Waals surface area (Å²) in [6, 6.07) is 10.1. The van der Waals surface area contributed by atoms with Crippen LogP contribution < -0.4 is 10.1 Å². The van der Waals surface area contributed by atoms with Crippen LogP contribution in [0.15, 0.2) is 47.8 Å². The SMILES string of the molecule is CCCCOc1ccc(-c2csc(NC(=O)c3cc([N+](=O)[O-])cc([N+](=O)[O-])c3)n2)cc1. The zero-order valence-corrected chi connectivity index (χ0v) is 17.3. The fourth-order valence-electron chi connectivity index (χ4n) is 2.63. The summed E-state index contributed by atoms with van der Waals surface area (Å²) in [5.41, 5.74) is 0.170. The molecule has 0 bridgehead atoms. The summed E-state index contributed by atoms with van der Waals surface area (Å²) in [7, 11) is 0. The average Bonchev–Trinajstić information content (AvgIpc) is 3.22. The van der Waals surface area contributed by atoms with Crippen LogP contribution in [0.2, 0.25) is 0 Å². The standard InChI is InChI=1S/C20H18N4O6S/c1-2-3-8-30-17-6-4-13(5-7-17)18-12-31-20(21-18)22-19(25)14-9-15(23(26)27)11-16(10-14)24(28)29/h4-7,9-12H,2-3,8H2,1H3,(H,21,22,25). The quantitative estimate of drug-likeness (QED) is 0.278. The van der Waals surface area contributed by atoms with Crippen molar-refractivity contribution in [2.75, 3.05) is 11.9 Å². The van der Waals surface area contributed by atoms with Gasteiger partial charge in [-0.15, -0.1) is 11.3 Å². The second-order valence-electron chi connectivity index (χ2n) is 6.47. The van der Waals surface area contributed by atoms with Gasteiger partial charge in [0.15, 0.2) is 5.13 Å². The van der Waals surface area contributed by atoms with E-state index in [0.717, 1.165) is 42.4 Å². The highest BCUT2D eigenvalue weighted by Crippen LogP contribution is 2.28. The number of unbranched alkanes of at least 4 members (excludes halogenated alkanes) is 1. The molecule has 0 radical (unpaired) electrons. The van der Waals surface area contributed by atoms with Crippen molar-refractivity contribution in [2.24, 2.45) is 0 Å². The third kappa shape index (κ3) is 5.60. The smallest absolute Gasteiger partial charge is 0.277 e. The van der Waals surface area contributed by atoms with Crippen LogP contribution in [0.5, 0.6) is 5.75 Å². The van der Waals surface area contributed by atoms with Gasteiger partial charge in [0.25, 0.3) is 17.3 Å². The van der Waals surface area contributed by atoms with Crippen molar-refractivity contribution in [3.63, 3.8) is 0 Å². The Balaban J connectivity index is 1.73. The van der Waals surface area contributed by atoms with Gasteiger partial charge in [-0.3, -0.25) is 30.3 Å². The summed E-state index contributed by atoms with van der Waals surface area (Å²) in [6.07, 6.45) is 2.03. The Hall–Kier alpha value is -3.86. The molecule has 0 saturated heterocycles. The van der Waals surface area contributed by atoms with Crippen molar-refractivity contribution in [2.45, 2.75) is 19.8 Å². The number of thiazole rings is 1. The maximum Gasteiger partial charge on any atom is 0.277 e. The second-order valence-corrected chi connectivity index (χ2v) is 7.33. The summed E-state index contributed by atoms with van der Waals surface area (Å²) in [4.78, 5) is 37.2. The number of anilines is 1. The van der Waals surface area contributed by atoms with E-state index >= 15 is 0 Å². The van der Waals surface area contributed by atoms with E-state index in [1.165, 1.54) is 11.3 Å². The van der Waals surface area contributed by atoms with Crippen molar-refractivity contribution in [3.8, 4) is 17.0 Å². The molecule has 1 aromatic heterocycles. The summed E-state index contributed by atoms with van der Waals surface area (Å²) < 4.78 is 5.63. The van der Waals surface area contributed by atoms with E-state index in [4.69, 9.17) is 4.74 Å². The maximum absolute atomic E-state index is 12.5. The Morgan fingerprint density at radius 3 is 2.32 bits per heavy atom. The predicted molar refractivity (Wildman–Crippen MR) is 116 cm³/mol. The molecule has 0 atom stereocenters. The molecular weight excluding hydrogens is 424 g/mol. The molecule has 2 aromatic carbocycles. The minimum atomic E-state index is -0.791. The number of nitro benzene ring substituents is 2. The van der Waals surface area contributed by atoms with Gasteiger partial charge in [-0.1, -0.05) is 13.3 Å². The molecule has 0 fully saturated rings. The molecule has 160 valence electrons. The highest BCUT2D eigenvalue weighted by molar-refractivity contribution is 7.14. The molecule has 0 unspecified atom stereocenters. The Morgan fingerprint density at radius 1 is 1.10 bits per heavy atom. The summed E-state index contributed by atoms with van der Waals surface area (Å²) >= 11 is 1.17. The number of nitrogens with one attached hydrogen (secondary N) is 1. The fourth-order valence-corrected chi connectivity index (χ4v) is 3.34. The molecule has 1 heterocycles. The van der Waals surface area contributed by atoms with Crippen LogP contribution in [-0.4, -0.2) is 27.3 Å². The molecule has 3 aromatic rings. The van der Waals surface area contributed by atoms with Gasteiger partial charge in [0.05, 0.1) is 33.8 Å². The predicted octanol–water partition coefficient (Wildman–Crippen LogP) is 5.06. The topological polar surface area (TPSA) is 138 Å². The Morgan fingerprint density at radius 2 is 1.74 bits per heavy atom. The molecule has 3 rings (SSSR count). The lowest BCUT2D eigenvalue weighted by Gasteiger charge is -2.05. The molecule has 1 N–H and O–H groups in total. The summed E-state index contributed by atoms with van der Waals surface area (Å²) in [5, 5.41) is 26.5. The Bertz CT molecular complexity index is 1080. The first-order valence-corrected chi connectivity index (χ1v) is 10.2. The number of nitrogens with zero attached hydrogens (tertiary/aromatic N) is 3. The van der Waals surface area contributed by atoms with Gasteiger partial charge < -0.3 is 4.74 Å². The first-order chi connectivity index (χ1) is 14.9. The minimum absolute atomic E-state index is 0.203. The lowest BCUT2D eigenvalue weighted by molar-refractivity contribution is -0.394. The lowest BCUT2D eigenvalue weighted by Crippen LogP contribution is -2.12. The van der Waals surface area contributed by atoms with E-state index in [0.29, 0.717) is 12.3 Å². The van der Waals surface area contributed by atoms with E-state index in [-0.39, 0.29) is 10.7 Å². The zero-order valence-electron chi connectivity index (χ0n) is 16.4. The number of benzene rings is 2. The average molecular weight is 442 g/mol. The monoisotopic (exact) mass is 442 g/mol. The number of carbonyl (C=O) groups excluding carboxylic acids is 1. The molecule has 0 saturated carbocycles. The van der Waals surface area contributed by atoms with Gasteiger partial charge in [0, 0.05) is 23.1 Å². The third-order valence-electron chi connectivity index (χ3n) is 4.23. The Labute approximate surface area is 180 Å². The zero-order chi connectivity index (χ0) is 22.4. The number of carbonyl (C=O) groups is 1. The molecule has 0 aliphatic heterocycles. The van der Waals surface area contributed by atoms with Crippen LogP contribution in [0.4, 0.5) is 16.5 Å². The number of hydrogen-bond acceptors (Lipinski definition) is 8. The Kier molecular flexibility index (Phi) is 6.88. The summed E-state index contributed by atoms with van der Waals surface area (Å²) in [5.74, 6) is 0.0283. The van der Waals surface area contributed by atoms with Crippen LogP contribution in [-0.2, 0) is 0 Å². The molecule has 1 amide bonds. The van der Waals surface area contributed by atoms with Gasteiger partial charge in [0.1, 0.15) is 5.75 Å². The third-order valence-corrected chi connectivity index (χ3v) is 4.99. The van der Waals surface area contributed by atoms with E-state index < -0.39 is 27.1 Å². The highest BCUT2D eigenvalue weighted by Gasteiger charge is 2.20. The fraction of sp³-hybridized carbons (Fsp3) is 0.200. The van der Waals surface area contributed by atoms with Crippen LogP contribution in [0.3, 0.4) is 0 Å². The molecular formula is C20H18N4O6S. The summed E-state index contributed by atoms with van der Waals surface area (Å²) in [6.45, 7) is 2.74. The minimum Gasteiger partial charge on any atom is -0.494 e. The number of nitro groups is 2. The number of amides is 1. The van der Waals surface area contributed by atoms with Crippen LogP contribution in [0.1, 0.15) is 30.1 Å². The lowest BCUT2D eigenvalue weighted by atomic mass is 10.1. The van der Waals surface area contributed by atoms with Crippen molar-refractivity contribution >= 4 is 33.8 Å². The number of ether oxygens (including phenoxy) is 1. The molecule has 0 aliphatic rings. The van der Waals surface area contributed by atoms with Crippen LogP contribution >= 0.6 is 11.3 Å². The van der Waals surface area contributed by atoms with Crippen molar-refractivity contribution in [1.82, 2.24) is 4.98 Å². The van der Waals surface area contributed by atoms with E-state index in [1.807, 2.05) is 24.3 Å². The van der Waals surface area contributed by atoms with E-state index in [9.17, 15) is 25.0 Å². The van der Waals surface area contributed by atoms with E-state index in [1.54, 1.807) is 5.38 Å². The van der Waals surface area contributed by atoms with Crippen molar-refractivity contribution < 1.29 is 19.4 Å². The number of hydrogen-bond donors (Lipinski definition) is 1. The van der Waals surface area contributed by atoms with Gasteiger partial charge >= 0.3 is 0 Å². The van der Waals surface area contributed by atoms with Gasteiger partial charge in [0.2, 0.25) is 0 Å². The molecule has 0 aliphatic carbocycles. The highest BCUT2D eigenvalue weighted by atomic mass is 32.1. The maximum atomic E-state index is 12.5. The molecule has 31 heavy (non-hydrogen) atoms. The number of rotatable bonds is 9. The molecule has 11 heteroatoms. The van der Waals surface area contributed by atoms with Crippen molar-refractivity contribution in [3.05, 3.63) is 73.6 Å².